The van der Waals surface area contributed by atoms with Crippen molar-refractivity contribution in [1.82, 2.24) is 10.1 Å². The monoisotopic (exact) mass is 391 g/mol. The van der Waals surface area contributed by atoms with Crippen molar-refractivity contribution in [2.45, 2.75) is 39.5 Å². The van der Waals surface area contributed by atoms with E-state index < -0.39 is 0 Å². The molecule has 1 amide bonds. The summed E-state index contributed by atoms with van der Waals surface area (Å²) >= 11 is 0. The maximum absolute atomic E-state index is 12.7. The maximum Gasteiger partial charge on any atom is 0.232 e. The molecule has 1 fully saturated rings. The van der Waals surface area contributed by atoms with Gasteiger partial charge in [-0.1, -0.05) is 30.3 Å². The second-order valence-corrected chi connectivity index (χ2v) is 7.47. The molecule has 2 aromatic carbocycles. The first kappa shape index (κ1) is 19.2. The van der Waals surface area contributed by atoms with Crippen LogP contribution in [0.5, 0.6) is 5.75 Å². The van der Waals surface area contributed by atoms with Gasteiger partial charge in [-0.25, -0.2) is 0 Å². The average Bonchev–Trinajstić information content (AvgIpc) is 3.34. The quantitative estimate of drug-likeness (QED) is 0.611. The lowest BCUT2D eigenvalue weighted by atomic mass is 10.1. The van der Waals surface area contributed by atoms with Crippen molar-refractivity contribution in [3.05, 3.63) is 59.5 Å². The van der Waals surface area contributed by atoms with Gasteiger partial charge in [0.1, 0.15) is 5.75 Å². The zero-order valence-electron chi connectivity index (χ0n) is 17.0. The normalized spacial score (nSPS) is 16.4. The number of carbonyl (C=O) groups is 1. The molecule has 1 unspecified atom stereocenters. The third-order valence-corrected chi connectivity index (χ3v) is 5.21. The van der Waals surface area contributed by atoms with E-state index in [0.717, 1.165) is 34.5 Å². The molecule has 6 nitrogen and oxygen atoms in total. The summed E-state index contributed by atoms with van der Waals surface area (Å²) in [6, 6.07) is 13.7. The van der Waals surface area contributed by atoms with E-state index in [1.165, 1.54) is 0 Å². The Kier molecular flexibility index (Phi) is 5.34. The van der Waals surface area contributed by atoms with Gasteiger partial charge in [-0.3, -0.25) is 4.79 Å². The molecule has 29 heavy (non-hydrogen) atoms. The molecule has 4 rings (SSSR count). The summed E-state index contributed by atoms with van der Waals surface area (Å²) in [5, 5.41) is 4.12. The van der Waals surface area contributed by atoms with Crippen LogP contribution in [0.1, 0.15) is 42.7 Å². The fourth-order valence-corrected chi connectivity index (χ4v) is 3.76. The maximum atomic E-state index is 12.7. The lowest BCUT2D eigenvalue weighted by molar-refractivity contribution is -0.117. The smallest absolute Gasteiger partial charge is 0.232 e. The highest BCUT2D eigenvalue weighted by atomic mass is 16.5. The number of aromatic nitrogens is 2. The van der Waals surface area contributed by atoms with Crippen molar-refractivity contribution in [3.8, 4) is 17.1 Å². The number of carbonyl (C=O) groups excluding carboxylic acids is 1. The first-order chi connectivity index (χ1) is 14.1. The van der Waals surface area contributed by atoms with E-state index in [9.17, 15) is 4.79 Å². The Balaban J connectivity index is 1.51. The van der Waals surface area contributed by atoms with Gasteiger partial charge in [0, 0.05) is 24.2 Å². The molecule has 0 saturated carbocycles. The van der Waals surface area contributed by atoms with Crippen molar-refractivity contribution in [3.63, 3.8) is 0 Å². The van der Waals surface area contributed by atoms with Crippen molar-refractivity contribution in [2.75, 3.05) is 18.1 Å². The van der Waals surface area contributed by atoms with Crippen molar-refractivity contribution in [1.29, 1.82) is 0 Å². The third kappa shape index (κ3) is 3.88. The summed E-state index contributed by atoms with van der Waals surface area (Å²) in [6.45, 7) is 7.38. The van der Waals surface area contributed by atoms with Crippen LogP contribution < -0.4 is 9.64 Å². The van der Waals surface area contributed by atoms with Gasteiger partial charge in [0.2, 0.25) is 17.6 Å². The van der Waals surface area contributed by atoms with Gasteiger partial charge < -0.3 is 14.2 Å². The largest absolute Gasteiger partial charge is 0.494 e. The molecule has 0 spiro atoms. The molecule has 1 atom stereocenters. The van der Waals surface area contributed by atoms with Crippen LogP contribution in [-0.4, -0.2) is 29.2 Å². The predicted molar refractivity (Wildman–Crippen MR) is 111 cm³/mol. The van der Waals surface area contributed by atoms with Crippen LogP contribution in [0, 0.1) is 13.8 Å². The minimum absolute atomic E-state index is 0.0876. The van der Waals surface area contributed by atoms with Gasteiger partial charge in [-0.05, 0) is 55.7 Å². The van der Waals surface area contributed by atoms with Gasteiger partial charge in [0.05, 0.1) is 12.5 Å². The first-order valence-corrected chi connectivity index (χ1v) is 10.00. The van der Waals surface area contributed by atoms with Gasteiger partial charge in [0.15, 0.2) is 0 Å². The number of anilines is 1. The van der Waals surface area contributed by atoms with Crippen LogP contribution >= 0.6 is 0 Å². The molecule has 0 bridgehead atoms. The predicted octanol–water partition coefficient (Wildman–Crippen LogP) is 4.66. The molecular weight excluding hydrogens is 366 g/mol. The van der Waals surface area contributed by atoms with Crippen LogP contribution in [-0.2, 0) is 4.79 Å². The van der Waals surface area contributed by atoms with Gasteiger partial charge in [-0.15, -0.1) is 0 Å². The summed E-state index contributed by atoms with van der Waals surface area (Å²) < 4.78 is 11.1. The summed E-state index contributed by atoms with van der Waals surface area (Å²) in [5.74, 6) is 1.85. The molecular formula is C23H25N3O3. The van der Waals surface area contributed by atoms with E-state index in [1.54, 1.807) is 0 Å². The fraction of sp³-hybridized carbons (Fsp3) is 0.348. The lowest BCUT2D eigenvalue weighted by Crippen LogP contribution is -2.26. The van der Waals surface area contributed by atoms with E-state index in [-0.39, 0.29) is 11.8 Å². The van der Waals surface area contributed by atoms with Crippen LogP contribution in [0.25, 0.3) is 11.4 Å². The molecule has 3 aromatic rings. The molecule has 2 heterocycles. The second kappa shape index (κ2) is 8.07. The Morgan fingerprint density at radius 1 is 1.14 bits per heavy atom. The molecule has 6 heteroatoms. The van der Waals surface area contributed by atoms with Gasteiger partial charge in [-0.2, -0.15) is 4.98 Å². The molecule has 1 aliphatic heterocycles. The standard InChI is InChI=1S/C23H25N3O3/c1-4-12-28-19-10-8-17(9-11-19)22-24-23(29-25-22)18-13-20(27)26(14-18)21-15(2)6-5-7-16(21)3/h5-11,18H,4,12-14H2,1-3H3. The minimum Gasteiger partial charge on any atom is -0.494 e. The number of amides is 1. The number of para-hydroxylation sites is 1. The highest BCUT2D eigenvalue weighted by Gasteiger charge is 2.36. The van der Waals surface area contributed by atoms with Crippen LogP contribution in [0.4, 0.5) is 5.69 Å². The summed E-state index contributed by atoms with van der Waals surface area (Å²) in [7, 11) is 0. The fourth-order valence-electron chi connectivity index (χ4n) is 3.76. The average molecular weight is 391 g/mol. The number of ether oxygens (including phenoxy) is 1. The topological polar surface area (TPSA) is 68.5 Å². The Hall–Kier alpha value is -3.15. The molecule has 150 valence electrons. The molecule has 1 saturated heterocycles. The lowest BCUT2D eigenvalue weighted by Gasteiger charge is -2.21. The number of aryl methyl sites for hydroxylation is 2. The Morgan fingerprint density at radius 2 is 1.86 bits per heavy atom. The molecule has 0 aliphatic carbocycles. The SMILES string of the molecule is CCCOc1ccc(-c2noc(C3CC(=O)N(c4c(C)cccc4C)C3)n2)cc1. The van der Waals surface area contributed by atoms with Crippen molar-refractivity contribution in [2.24, 2.45) is 0 Å². The Bertz CT molecular complexity index is 990. The van der Waals surface area contributed by atoms with Crippen LogP contribution in [0.2, 0.25) is 0 Å². The third-order valence-electron chi connectivity index (χ3n) is 5.21. The van der Waals surface area contributed by atoms with Gasteiger partial charge >= 0.3 is 0 Å². The summed E-state index contributed by atoms with van der Waals surface area (Å²) in [4.78, 5) is 19.1. The van der Waals surface area contributed by atoms with Crippen molar-refractivity contribution < 1.29 is 14.1 Å². The number of benzene rings is 2. The van der Waals surface area contributed by atoms with Crippen LogP contribution in [0.3, 0.4) is 0 Å². The highest BCUT2D eigenvalue weighted by molar-refractivity contribution is 5.97. The zero-order chi connectivity index (χ0) is 20.4. The molecule has 1 aromatic heterocycles. The van der Waals surface area contributed by atoms with E-state index in [4.69, 9.17) is 9.26 Å². The zero-order valence-corrected chi connectivity index (χ0v) is 17.0. The molecule has 0 N–H and O–H groups in total. The second-order valence-electron chi connectivity index (χ2n) is 7.47. The number of hydrogen-bond acceptors (Lipinski definition) is 5. The van der Waals surface area contributed by atoms with Gasteiger partial charge in [0.25, 0.3) is 0 Å². The molecule has 0 radical (unpaired) electrons. The Morgan fingerprint density at radius 3 is 2.55 bits per heavy atom. The summed E-state index contributed by atoms with van der Waals surface area (Å²) in [5.41, 5.74) is 4.04. The van der Waals surface area contributed by atoms with E-state index in [1.807, 2.05) is 61.2 Å². The van der Waals surface area contributed by atoms with E-state index in [0.29, 0.717) is 31.3 Å². The van der Waals surface area contributed by atoms with E-state index >= 15 is 0 Å². The summed E-state index contributed by atoms with van der Waals surface area (Å²) in [6.07, 6.45) is 1.34. The Labute approximate surface area is 170 Å². The minimum atomic E-state index is -0.102. The molecule has 1 aliphatic rings. The number of nitrogens with zero attached hydrogens (tertiary/aromatic N) is 3. The van der Waals surface area contributed by atoms with E-state index in [2.05, 4.69) is 17.1 Å². The number of hydrogen-bond donors (Lipinski definition) is 0. The van der Waals surface area contributed by atoms with Crippen LogP contribution in [0.15, 0.2) is 47.0 Å². The highest BCUT2D eigenvalue weighted by Crippen LogP contribution is 2.35. The number of rotatable bonds is 6. The first-order valence-electron chi connectivity index (χ1n) is 10.00. The van der Waals surface area contributed by atoms with Crippen molar-refractivity contribution >= 4 is 11.6 Å².